The molecule has 0 saturated carbocycles. The number of likely N-dealkylation sites (tertiary alicyclic amines) is 1. The van der Waals surface area contributed by atoms with Gasteiger partial charge in [-0.25, -0.2) is 0 Å². The van der Waals surface area contributed by atoms with Crippen molar-refractivity contribution in [3.63, 3.8) is 0 Å². The van der Waals surface area contributed by atoms with E-state index in [0.29, 0.717) is 6.04 Å². The van der Waals surface area contributed by atoms with Gasteiger partial charge in [0, 0.05) is 13.1 Å². The molecule has 84 valence electrons. The molecule has 0 aliphatic carbocycles. The van der Waals surface area contributed by atoms with Crippen molar-refractivity contribution in [3.8, 4) is 5.88 Å². The van der Waals surface area contributed by atoms with Crippen molar-refractivity contribution in [2.45, 2.75) is 18.9 Å². The fourth-order valence-electron chi connectivity index (χ4n) is 1.96. The molecule has 4 nitrogen and oxygen atoms in total. The molecule has 1 saturated heterocycles. The van der Waals surface area contributed by atoms with E-state index in [1.807, 2.05) is 0 Å². The van der Waals surface area contributed by atoms with E-state index in [2.05, 4.69) is 28.9 Å². The van der Waals surface area contributed by atoms with Gasteiger partial charge in [0.25, 0.3) is 0 Å². The molecular weight excluding hydrogens is 210 g/mol. The molecule has 0 aromatic carbocycles. The zero-order chi connectivity index (χ0) is 10.8. The molecule has 1 aromatic rings. The predicted octanol–water partition coefficient (Wildman–Crippen LogP) is 1.38. The van der Waals surface area contributed by atoms with E-state index in [-0.39, 0.29) is 5.88 Å². The Morgan fingerprint density at radius 2 is 2.20 bits per heavy atom. The minimum atomic E-state index is 0.134. The summed E-state index contributed by atoms with van der Waals surface area (Å²) < 4.78 is 0. The Morgan fingerprint density at radius 3 is 2.73 bits per heavy atom. The van der Waals surface area contributed by atoms with E-state index >= 15 is 0 Å². The molecule has 0 atom stereocenters. The Labute approximate surface area is 94.2 Å². The molecule has 1 N–H and O–H groups in total. The number of hydrogen-bond donors (Lipinski definition) is 1. The quantitative estimate of drug-likeness (QED) is 0.828. The van der Waals surface area contributed by atoms with Crippen LogP contribution >= 0.6 is 11.3 Å². The van der Waals surface area contributed by atoms with Crippen molar-refractivity contribution < 1.29 is 5.11 Å². The van der Waals surface area contributed by atoms with Crippen LogP contribution in [0.15, 0.2) is 5.38 Å². The smallest absolute Gasteiger partial charge is 0.223 e. The van der Waals surface area contributed by atoms with E-state index in [1.165, 1.54) is 24.2 Å². The average Bonchev–Trinajstić information content (AvgIpc) is 2.65. The minimum absolute atomic E-state index is 0.134. The summed E-state index contributed by atoms with van der Waals surface area (Å²) in [4.78, 5) is 8.63. The van der Waals surface area contributed by atoms with Gasteiger partial charge in [0.1, 0.15) is 0 Å². The van der Waals surface area contributed by atoms with Crippen molar-refractivity contribution >= 4 is 16.5 Å². The SMILES string of the molecule is CN1CCC(N(C)c2nc(O)cs2)CC1. The monoisotopic (exact) mass is 227 g/mol. The van der Waals surface area contributed by atoms with Gasteiger partial charge in [0.2, 0.25) is 5.88 Å². The van der Waals surface area contributed by atoms with E-state index in [1.54, 1.807) is 5.38 Å². The van der Waals surface area contributed by atoms with Crippen LogP contribution in [0, 0.1) is 0 Å². The standard InChI is InChI=1S/C10H17N3OS/c1-12-5-3-8(4-6-12)13(2)10-11-9(14)7-15-10/h7-8,14H,3-6H2,1-2H3. The topological polar surface area (TPSA) is 39.6 Å². The first-order valence-electron chi connectivity index (χ1n) is 5.22. The van der Waals surface area contributed by atoms with Gasteiger partial charge in [-0.05, 0) is 33.0 Å². The highest BCUT2D eigenvalue weighted by molar-refractivity contribution is 7.13. The Kier molecular flexibility index (Phi) is 3.11. The highest BCUT2D eigenvalue weighted by Crippen LogP contribution is 2.27. The van der Waals surface area contributed by atoms with Crippen molar-refractivity contribution in [2.75, 3.05) is 32.1 Å². The second kappa shape index (κ2) is 4.37. The summed E-state index contributed by atoms with van der Waals surface area (Å²) in [5.74, 6) is 0.134. The summed E-state index contributed by atoms with van der Waals surface area (Å²) in [6, 6.07) is 0.562. The molecule has 1 aliphatic rings. The summed E-state index contributed by atoms with van der Waals surface area (Å²) in [7, 11) is 4.22. The van der Waals surface area contributed by atoms with Crippen LogP contribution < -0.4 is 4.90 Å². The second-order valence-electron chi connectivity index (χ2n) is 4.13. The van der Waals surface area contributed by atoms with Gasteiger partial charge >= 0.3 is 0 Å². The molecule has 2 rings (SSSR count). The Hall–Kier alpha value is -0.810. The first-order chi connectivity index (χ1) is 7.16. The molecule has 5 heteroatoms. The summed E-state index contributed by atoms with van der Waals surface area (Å²) in [5, 5.41) is 11.8. The number of nitrogens with zero attached hydrogens (tertiary/aromatic N) is 3. The van der Waals surface area contributed by atoms with Crippen LogP contribution in [-0.2, 0) is 0 Å². The Morgan fingerprint density at radius 1 is 1.53 bits per heavy atom. The molecule has 0 bridgehead atoms. The van der Waals surface area contributed by atoms with Crippen LogP contribution in [0.5, 0.6) is 5.88 Å². The molecule has 1 fully saturated rings. The van der Waals surface area contributed by atoms with E-state index in [4.69, 9.17) is 0 Å². The number of rotatable bonds is 2. The summed E-state index contributed by atoms with van der Waals surface area (Å²) in [6.07, 6.45) is 2.35. The van der Waals surface area contributed by atoms with Crippen LogP contribution in [0.25, 0.3) is 0 Å². The largest absolute Gasteiger partial charge is 0.493 e. The van der Waals surface area contributed by atoms with E-state index < -0.39 is 0 Å². The van der Waals surface area contributed by atoms with Gasteiger partial charge in [-0.3, -0.25) is 0 Å². The number of piperidine rings is 1. The van der Waals surface area contributed by atoms with E-state index in [9.17, 15) is 5.11 Å². The molecule has 0 unspecified atom stereocenters. The third kappa shape index (κ3) is 2.41. The number of hydrogen-bond acceptors (Lipinski definition) is 5. The van der Waals surface area contributed by atoms with Crippen LogP contribution in [-0.4, -0.2) is 48.2 Å². The molecule has 1 aliphatic heterocycles. The van der Waals surface area contributed by atoms with Gasteiger partial charge in [-0.2, -0.15) is 4.98 Å². The zero-order valence-corrected chi connectivity index (χ0v) is 10.00. The van der Waals surface area contributed by atoms with Crippen LogP contribution in [0.3, 0.4) is 0 Å². The summed E-state index contributed by atoms with van der Waals surface area (Å²) in [6.45, 7) is 2.29. The van der Waals surface area contributed by atoms with E-state index in [0.717, 1.165) is 18.2 Å². The first-order valence-corrected chi connectivity index (χ1v) is 6.10. The lowest BCUT2D eigenvalue weighted by molar-refractivity contribution is 0.252. The lowest BCUT2D eigenvalue weighted by Gasteiger charge is -2.34. The van der Waals surface area contributed by atoms with Crippen molar-refractivity contribution in [1.82, 2.24) is 9.88 Å². The fraction of sp³-hybridized carbons (Fsp3) is 0.700. The number of anilines is 1. The maximum atomic E-state index is 9.21. The number of aromatic nitrogens is 1. The van der Waals surface area contributed by atoms with Crippen LogP contribution in [0.2, 0.25) is 0 Å². The Bertz CT molecular complexity index is 320. The van der Waals surface area contributed by atoms with Gasteiger partial charge in [0.05, 0.1) is 5.38 Å². The van der Waals surface area contributed by atoms with Crippen LogP contribution in [0.4, 0.5) is 5.13 Å². The normalized spacial score (nSPS) is 19.3. The lowest BCUT2D eigenvalue weighted by Crippen LogP contribution is -2.41. The van der Waals surface area contributed by atoms with Gasteiger partial charge in [0.15, 0.2) is 5.13 Å². The van der Waals surface area contributed by atoms with Crippen molar-refractivity contribution in [2.24, 2.45) is 0 Å². The van der Waals surface area contributed by atoms with Crippen LogP contribution in [0.1, 0.15) is 12.8 Å². The molecule has 0 amide bonds. The predicted molar refractivity (Wildman–Crippen MR) is 62.7 cm³/mol. The Balaban J connectivity index is 1.99. The number of aromatic hydroxyl groups is 1. The fourth-order valence-corrected chi connectivity index (χ4v) is 2.68. The minimum Gasteiger partial charge on any atom is -0.493 e. The maximum Gasteiger partial charge on any atom is 0.223 e. The summed E-state index contributed by atoms with van der Waals surface area (Å²) >= 11 is 1.50. The molecular formula is C10H17N3OS. The van der Waals surface area contributed by atoms with Gasteiger partial charge in [-0.1, -0.05) is 0 Å². The third-order valence-electron chi connectivity index (χ3n) is 3.02. The van der Waals surface area contributed by atoms with Gasteiger partial charge in [-0.15, -0.1) is 11.3 Å². The first kappa shape index (κ1) is 10.7. The average molecular weight is 227 g/mol. The highest BCUT2D eigenvalue weighted by atomic mass is 32.1. The highest BCUT2D eigenvalue weighted by Gasteiger charge is 2.22. The second-order valence-corrected chi connectivity index (χ2v) is 4.97. The summed E-state index contributed by atoms with van der Waals surface area (Å²) in [5.41, 5.74) is 0. The molecule has 1 aromatic heterocycles. The van der Waals surface area contributed by atoms with Crippen molar-refractivity contribution in [1.29, 1.82) is 0 Å². The third-order valence-corrected chi connectivity index (χ3v) is 3.94. The van der Waals surface area contributed by atoms with Crippen molar-refractivity contribution in [3.05, 3.63) is 5.38 Å². The molecule has 2 heterocycles. The molecule has 0 spiro atoms. The van der Waals surface area contributed by atoms with Gasteiger partial charge < -0.3 is 14.9 Å². The molecule has 15 heavy (non-hydrogen) atoms. The molecule has 0 radical (unpaired) electrons. The maximum absolute atomic E-state index is 9.21. The lowest BCUT2D eigenvalue weighted by atomic mass is 10.0. The zero-order valence-electron chi connectivity index (χ0n) is 9.18. The number of thiazole rings is 1.